The number of ether oxygens (including phenoxy) is 2. The summed E-state index contributed by atoms with van der Waals surface area (Å²) in [4.78, 5) is 14.0. The molecule has 0 aromatic carbocycles. The molecular weight excluding hydrogens is 272 g/mol. The van der Waals surface area contributed by atoms with Crippen LogP contribution in [0.3, 0.4) is 0 Å². The Morgan fingerprint density at radius 1 is 1.48 bits per heavy atom. The Bertz CT molecular complexity index is 434. The van der Waals surface area contributed by atoms with Crippen molar-refractivity contribution in [3.05, 3.63) is 17.5 Å². The Morgan fingerprint density at radius 3 is 2.90 bits per heavy atom. The maximum atomic E-state index is 11.8. The van der Waals surface area contributed by atoms with E-state index in [0.29, 0.717) is 18.7 Å². The van der Waals surface area contributed by atoms with E-state index in [4.69, 9.17) is 9.47 Å². The second-order valence-corrected chi connectivity index (χ2v) is 4.82. The molecule has 0 aliphatic rings. The zero-order valence-corrected chi connectivity index (χ0v) is 13.4. The highest BCUT2D eigenvalue weighted by atomic mass is 16.5. The molecule has 0 fully saturated rings. The van der Waals surface area contributed by atoms with Crippen LogP contribution in [0, 0.1) is 0 Å². The van der Waals surface area contributed by atoms with Crippen molar-refractivity contribution in [3.63, 3.8) is 0 Å². The first-order valence-electron chi connectivity index (χ1n) is 7.16. The second kappa shape index (κ2) is 9.49. The molecule has 1 aromatic rings. The number of esters is 1. The van der Waals surface area contributed by atoms with Gasteiger partial charge in [-0.25, -0.2) is 4.79 Å². The van der Waals surface area contributed by atoms with Crippen LogP contribution in [0.5, 0.6) is 0 Å². The van der Waals surface area contributed by atoms with Crippen molar-refractivity contribution in [3.8, 4) is 0 Å². The zero-order valence-electron chi connectivity index (χ0n) is 13.4. The van der Waals surface area contributed by atoms with Gasteiger partial charge in [-0.15, -0.1) is 0 Å². The van der Waals surface area contributed by atoms with E-state index in [2.05, 4.69) is 22.4 Å². The first-order valence-corrected chi connectivity index (χ1v) is 7.16. The Morgan fingerprint density at radius 2 is 2.24 bits per heavy atom. The zero-order chi connectivity index (χ0) is 15.7. The minimum Gasteiger partial charge on any atom is -0.462 e. The number of aryl methyl sites for hydroxylation is 1. The second-order valence-electron chi connectivity index (χ2n) is 4.82. The van der Waals surface area contributed by atoms with E-state index in [1.165, 1.54) is 0 Å². The van der Waals surface area contributed by atoms with Crippen LogP contribution in [-0.4, -0.2) is 67.7 Å². The number of carbonyl (C=O) groups is 1. The lowest BCUT2D eigenvalue weighted by Crippen LogP contribution is -2.31. The molecule has 0 amide bonds. The van der Waals surface area contributed by atoms with Gasteiger partial charge in [0.05, 0.1) is 25.1 Å². The maximum Gasteiger partial charge on any atom is 0.341 e. The third kappa shape index (κ3) is 5.82. The summed E-state index contributed by atoms with van der Waals surface area (Å²) in [6.45, 7) is 6.11. The molecule has 0 unspecified atom stereocenters. The summed E-state index contributed by atoms with van der Waals surface area (Å²) in [5.74, 6) is -0.320. The molecule has 120 valence electrons. The molecule has 0 aliphatic carbocycles. The molecule has 0 saturated carbocycles. The summed E-state index contributed by atoms with van der Waals surface area (Å²) in [6, 6.07) is 0. The number of rotatable bonds is 10. The van der Waals surface area contributed by atoms with Crippen LogP contribution in [0.1, 0.15) is 23.0 Å². The highest BCUT2D eigenvalue weighted by Crippen LogP contribution is 2.09. The predicted molar refractivity (Wildman–Crippen MR) is 80.2 cm³/mol. The number of nitrogens with one attached hydrogen (secondary N) is 1. The minimum atomic E-state index is -0.320. The molecule has 0 radical (unpaired) electrons. The van der Waals surface area contributed by atoms with E-state index in [-0.39, 0.29) is 5.97 Å². The number of aromatic nitrogens is 2. The Labute approximate surface area is 126 Å². The normalized spacial score (nSPS) is 11.1. The van der Waals surface area contributed by atoms with Crippen molar-refractivity contribution in [2.75, 3.05) is 47.0 Å². The molecule has 1 N–H and O–H groups in total. The fraction of sp³-hybridized carbons (Fsp3) is 0.714. The highest BCUT2D eigenvalue weighted by molar-refractivity contribution is 5.90. The summed E-state index contributed by atoms with van der Waals surface area (Å²) < 4.78 is 11.8. The molecule has 21 heavy (non-hydrogen) atoms. The summed E-state index contributed by atoms with van der Waals surface area (Å²) in [5, 5.41) is 7.45. The first kappa shape index (κ1) is 17.6. The van der Waals surface area contributed by atoms with Gasteiger partial charge in [-0.2, -0.15) is 5.10 Å². The third-order valence-corrected chi connectivity index (χ3v) is 3.20. The van der Waals surface area contributed by atoms with Crippen molar-refractivity contribution >= 4 is 5.97 Å². The summed E-state index contributed by atoms with van der Waals surface area (Å²) >= 11 is 0. The fourth-order valence-corrected chi connectivity index (χ4v) is 1.89. The van der Waals surface area contributed by atoms with Crippen LogP contribution < -0.4 is 5.32 Å². The van der Waals surface area contributed by atoms with Gasteiger partial charge in [0, 0.05) is 40.3 Å². The van der Waals surface area contributed by atoms with Gasteiger partial charge < -0.3 is 19.7 Å². The maximum absolute atomic E-state index is 11.8. The van der Waals surface area contributed by atoms with Crippen molar-refractivity contribution in [1.29, 1.82) is 0 Å². The Kier molecular flexibility index (Phi) is 7.96. The van der Waals surface area contributed by atoms with Crippen molar-refractivity contribution in [1.82, 2.24) is 20.0 Å². The van der Waals surface area contributed by atoms with E-state index in [1.54, 1.807) is 24.9 Å². The Balaban J connectivity index is 2.41. The molecule has 1 aromatic heterocycles. The number of methoxy groups -OCH3 is 1. The van der Waals surface area contributed by atoms with E-state index in [0.717, 1.165) is 31.9 Å². The summed E-state index contributed by atoms with van der Waals surface area (Å²) in [6.07, 6.45) is 1.56. The standard InChI is InChI=1S/C14H26N4O3/c1-5-21-14(19)12-10-16-18(3)13(12)11-15-6-7-17(2)8-9-20-4/h10,15H,5-9,11H2,1-4H3. The lowest BCUT2D eigenvalue weighted by Gasteiger charge is -2.16. The van der Waals surface area contributed by atoms with E-state index >= 15 is 0 Å². The van der Waals surface area contributed by atoms with Crippen LogP contribution in [0.15, 0.2) is 6.20 Å². The molecule has 0 saturated heterocycles. The van der Waals surface area contributed by atoms with Gasteiger partial charge in [-0.05, 0) is 14.0 Å². The predicted octanol–water partition coefficient (Wildman–Crippen LogP) is 0.265. The highest BCUT2D eigenvalue weighted by Gasteiger charge is 2.16. The molecule has 0 aliphatic heterocycles. The topological polar surface area (TPSA) is 68.6 Å². The van der Waals surface area contributed by atoms with Gasteiger partial charge in [0.15, 0.2) is 0 Å². The molecular formula is C14H26N4O3. The van der Waals surface area contributed by atoms with Crippen LogP contribution in [0.25, 0.3) is 0 Å². The van der Waals surface area contributed by atoms with Crippen LogP contribution in [0.4, 0.5) is 0 Å². The average Bonchev–Trinajstić information content (AvgIpc) is 2.83. The smallest absolute Gasteiger partial charge is 0.341 e. The number of nitrogens with zero attached hydrogens (tertiary/aromatic N) is 3. The molecule has 7 heteroatoms. The molecule has 1 rings (SSSR count). The van der Waals surface area contributed by atoms with E-state index < -0.39 is 0 Å². The largest absolute Gasteiger partial charge is 0.462 e. The lowest BCUT2D eigenvalue weighted by molar-refractivity contribution is 0.0524. The lowest BCUT2D eigenvalue weighted by atomic mass is 10.2. The number of hydrogen-bond donors (Lipinski definition) is 1. The quantitative estimate of drug-likeness (QED) is 0.494. The van der Waals surface area contributed by atoms with Crippen molar-refractivity contribution in [2.24, 2.45) is 7.05 Å². The van der Waals surface area contributed by atoms with Gasteiger partial charge in [0.25, 0.3) is 0 Å². The van der Waals surface area contributed by atoms with E-state index in [9.17, 15) is 4.79 Å². The van der Waals surface area contributed by atoms with Crippen LogP contribution in [0.2, 0.25) is 0 Å². The monoisotopic (exact) mass is 298 g/mol. The molecule has 0 spiro atoms. The van der Waals surface area contributed by atoms with Gasteiger partial charge in [0.1, 0.15) is 5.56 Å². The van der Waals surface area contributed by atoms with Crippen LogP contribution >= 0.6 is 0 Å². The first-order chi connectivity index (χ1) is 10.1. The average molecular weight is 298 g/mol. The van der Waals surface area contributed by atoms with Gasteiger partial charge in [-0.1, -0.05) is 0 Å². The van der Waals surface area contributed by atoms with Crippen LogP contribution in [-0.2, 0) is 23.1 Å². The molecule has 0 atom stereocenters. The van der Waals surface area contributed by atoms with Gasteiger partial charge in [-0.3, -0.25) is 4.68 Å². The fourth-order valence-electron chi connectivity index (χ4n) is 1.89. The van der Waals surface area contributed by atoms with Crippen molar-refractivity contribution < 1.29 is 14.3 Å². The van der Waals surface area contributed by atoms with Gasteiger partial charge >= 0.3 is 5.97 Å². The number of hydrogen-bond acceptors (Lipinski definition) is 6. The molecule has 0 bridgehead atoms. The third-order valence-electron chi connectivity index (χ3n) is 3.20. The van der Waals surface area contributed by atoms with E-state index in [1.807, 2.05) is 7.05 Å². The summed E-state index contributed by atoms with van der Waals surface area (Å²) in [5.41, 5.74) is 1.37. The minimum absolute atomic E-state index is 0.320. The Hall–Kier alpha value is -1.44. The SMILES string of the molecule is CCOC(=O)c1cnn(C)c1CNCCN(C)CCOC. The molecule has 7 nitrogen and oxygen atoms in total. The molecule has 1 heterocycles. The van der Waals surface area contributed by atoms with Crippen molar-refractivity contribution in [2.45, 2.75) is 13.5 Å². The number of likely N-dealkylation sites (N-methyl/N-ethyl adjacent to an activating group) is 1. The summed E-state index contributed by atoms with van der Waals surface area (Å²) in [7, 11) is 5.57. The number of carbonyl (C=O) groups excluding carboxylic acids is 1. The van der Waals surface area contributed by atoms with Gasteiger partial charge in [0.2, 0.25) is 0 Å².